The van der Waals surface area contributed by atoms with Crippen LogP contribution in [-0.2, 0) is 9.59 Å². The van der Waals surface area contributed by atoms with E-state index in [4.69, 9.17) is 0 Å². The lowest BCUT2D eigenvalue weighted by Crippen LogP contribution is -2.32. The zero-order valence-electron chi connectivity index (χ0n) is 9.43. The van der Waals surface area contributed by atoms with Gasteiger partial charge in [-0.05, 0) is 18.8 Å². The lowest BCUT2D eigenvalue weighted by atomic mass is 10.00. The highest BCUT2D eigenvalue weighted by molar-refractivity contribution is 7.80. The molecule has 88 valence electrons. The van der Waals surface area contributed by atoms with Crippen molar-refractivity contribution in [2.24, 2.45) is 17.8 Å². The molecule has 0 aromatic rings. The zero-order chi connectivity index (χ0) is 11.7. The lowest BCUT2D eigenvalue weighted by Gasteiger charge is -2.14. The summed E-state index contributed by atoms with van der Waals surface area (Å²) in [6.07, 6.45) is 5.46. The minimum Gasteiger partial charge on any atom is -0.278 e. The summed E-state index contributed by atoms with van der Waals surface area (Å²) in [7, 11) is 0. The normalized spacial score (nSPS) is 34.1. The summed E-state index contributed by atoms with van der Waals surface area (Å²) < 4.78 is 0. The van der Waals surface area contributed by atoms with Gasteiger partial charge in [-0.1, -0.05) is 19.1 Å². The average molecular weight is 239 g/mol. The van der Waals surface area contributed by atoms with Gasteiger partial charge in [0.25, 0.3) is 0 Å². The maximum atomic E-state index is 12.0. The molecule has 2 amide bonds. The summed E-state index contributed by atoms with van der Waals surface area (Å²) in [5.74, 6) is 1.14. The minimum absolute atomic E-state index is 0.0307. The minimum atomic E-state index is -0.0353. The van der Waals surface area contributed by atoms with Gasteiger partial charge < -0.3 is 0 Å². The van der Waals surface area contributed by atoms with Gasteiger partial charge in [-0.25, -0.2) is 0 Å². The second kappa shape index (κ2) is 4.62. The van der Waals surface area contributed by atoms with E-state index in [1.54, 1.807) is 0 Å². The Kier molecular flexibility index (Phi) is 3.38. The Morgan fingerprint density at radius 1 is 1.25 bits per heavy atom. The molecular formula is C12H17NO2S. The fraction of sp³-hybridized carbons (Fsp3) is 0.667. The van der Waals surface area contributed by atoms with E-state index in [2.05, 4.69) is 19.6 Å². The SMILES string of the molecule is CC1CC2C(=O)N(C/C=C/CS)C(=O)C2C1. The van der Waals surface area contributed by atoms with E-state index in [9.17, 15) is 9.59 Å². The van der Waals surface area contributed by atoms with Gasteiger partial charge in [0.15, 0.2) is 0 Å². The zero-order valence-corrected chi connectivity index (χ0v) is 10.3. The van der Waals surface area contributed by atoms with Crippen molar-refractivity contribution in [3.05, 3.63) is 12.2 Å². The van der Waals surface area contributed by atoms with Crippen LogP contribution < -0.4 is 0 Å². The fourth-order valence-electron chi connectivity index (χ4n) is 2.78. The largest absolute Gasteiger partial charge is 0.278 e. The summed E-state index contributed by atoms with van der Waals surface area (Å²) >= 11 is 4.04. The number of fused-ring (bicyclic) bond motifs is 1. The van der Waals surface area contributed by atoms with Gasteiger partial charge in [0, 0.05) is 12.3 Å². The second-order valence-electron chi connectivity index (χ2n) is 4.73. The van der Waals surface area contributed by atoms with E-state index in [1.165, 1.54) is 4.90 Å². The quantitative estimate of drug-likeness (QED) is 0.460. The van der Waals surface area contributed by atoms with Crippen LogP contribution >= 0.6 is 12.6 Å². The molecule has 2 fully saturated rings. The number of hydrogen-bond donors (Lipinski definition) is 1. The number of rotatable bonds is 3. The summed E-state index contributed by atoms with van der Waals surface area (Å²) in [4.78, 5) is 25.4. The molecular weight excluding hydrogens is 222 g/mol. The van der Waals surface area contributed by atoms with Crippen LogP contribution in [0, 0.1) is 17.8 Å². The molecule has 0 spiro atoms. The van der Waals surface area contributed by atoms with E-state index in [-0.39, 0.29) is 23.7 Å². The number of carbonyl (C=O) groups excluding carboxylic acids is 2. The average Bonchev–Trinajstić information content (AvgIpc) is 2.72. The topological polar surface area (TPSA) is 37.4 Å². The lowest BCUT2D eigenvalue weighted by molar-refractivity contribution is -0.139. The van der Waals surface area contributed by atoms with Crippen molar-refractivity contribution in [3.63, 3.8) is 0 Å². The number of thiol groups is 1. The summed E-state index contributed by atoms with van der Waals surface area (Å²) in [5.41, 5.74) is 0. The number of nitrogens with zero attached hydrogens (tertiary/aromatic N) is 1. The van der Waals surface area contributed by atoms with Gasteiger partial charge in [0.1, 0.15) is 0 Å². The van der Waals surface area contributed by atoms with Gasteiger partial charge in [0.2, 0.25) is 11.8 Å². The smallest absolute Gasteiger partial charge is 0.233 e. The molecule has 0 radical (unpaired) electrons. The van der Waals surface area contributed by atoms with E-state index >= 15 is 0 Å². The molecule has 0 aromatic carbocycles. The number of hydrogen-bond acceptors (Lipinski definition) is 3. The van der Waals surface area contributed by atoms with Crippen molar-refractivity contribution in [1.29, 1.82) is 0 Å². The van der Waals surface area contributed by atoms with Gasteiger partial charge in [0.05, 0.1) is 11.8 Å². The van der Waals surface area contributed by atoms with Crippen LogP contribution in [-0.4, -0.2) is 29.0 Å². The van der Waals surface area contributed by atoms with Crippen LogP contribution in [0.4, 0.5) is 0 Å². The molecule has 0 bridgehead atoms. The third-order valence-corrected chi connectivity index (χ3v) is 3.74. The molecule has 0 N–H and O–H groups in total. The Hall–Kier alpha value is -0.770. The van der Waals surface area contributed by atoms with Gasteiger partial charge in [-0.3, -0.25) is 14.5 Å². The van der Waals surface area contributed by atoms with E-state index in [0.717, 1.165) is 12.8 Å². The first-order valence-corrected chi connectivity index (χ1v) is 6.39. The molecule has 2 unspecified atom stereocenters. The van der Waals surface area contributed by atoms with Crippen molar-refractivity contribution in [3.8, 4) is 0 Å². The first kappa shape index (κ1) is 11.7. The Morgan fingerprint density at radius 3 is 2.31 bits per heavy atom. The summed E-state index contributed by atoms with van der Waals surface area (Å²) in [6, 6.07) is 0. The van der Waals surface area contributed by atoms with Crippen LogP contribution in [0.5, 0.6) is 0 Å². The van der Waals surface area contributed by atoms with Crippen molar-refractivity contribution >= 4 is 24.4 Å². The molecule has 2 atom stereocenters. The predicted octanol–water partition coefficient (Wildman–Crippen LogP) is 1.50. The molecule has 2 aliphatic rings. The molecule has 1 saturated heterocycles. The third-order valence-electron chi connectivity index (χ3n) is 3.52. The third kappa shape index (κ3) is 1.90. The molecule has 2 rings (SSSR count). The number of amides is 2. The highest BCUT2D eigenvalue weighted by Gasteiger charge is 2.51. The van der Waals surface area contributed by atoms with Crippen LogP contribution in [0.1, 0.15) is 19.8 Å². The Morgan fingerprint density at radius 2 is 1.81 bits per heavy atom. The van der Waals surface area contributed by atoms with Gasteiger partial charge >= 0.3 is 0 Å². The van der Waals surface area contributed by atoms with Gasteiger partial charge in [-0.2, -0.15) is 12.6 Å². The molecule has 1 aliphatic heterocycles. The summed E-state index contributed by atoms with van der Waals surface area (Å²) in [6.45, 7) is 2.53. The highest BCUT2D eigenvalue weighted by Crippen LogP contribution is 2.42. The predicted molar refractivity (Wildman–Crippen MR) is 65.1 cm³/mol. The Balaban J connectivity index is 2.05. The first-order valence-electron chi connectivity index (χ1n) is 5.76. The first-order chi connectivity index (χ1) is 7.65. The molecule has 0 aromatic heterocycles. The van der Waals surface area contributed by atoms with Crippen molar-refractivity contribution in [1.82, 2.24) is 4.90 Å². The molecule has 3 nitrogen and oxygen atoms in total. The van der Waals surface area contributed by atoms with Gasteiger partial charge in [-0.15, -0.1) is 0 Å². The van der Waals surface area contributed by atoms with Crippen LogP contribution in [0.15, 0.2) is 12.2 Å². The van der Waals surface area contributed by atoms with E-state index < -0.39 is 0 Å². The number of imide groups is 1. The van der Waals surface area contributed by atoms with Crippen molar-refractivity contribution in [2.75, 3.05) is 12.3 Å². The maximum absolute atomic E-state index is 12.0. The number of carbonyl (C=O) groups is 2. The highest BCUT2D eigenvalue weighted by atomic mass is 32.1. The van der Waals surface area contributed by atoms with Crippen molar-refractivity contribution in [2.45, 2.75) is 19.8 Å². The Labute approximate surface area is 101 Å². The molecule has 1 heterocycles. The maximum Gasteiger partial charge on any atom is 0.233 e. The van der Waals surface area contributed by atoms with E-state index in [0.29, 0.717) is 18.2 Å². The molecule has 1 saturated carbocycles. The van der Waals surface area contributed by atoms with Crippen molar-refractivity contribution < 1.29 is 9.59 Å². The van der Waals surface area contributed by atoms with Crippen LogP contribution in [0.2, 0.25) is 0 Å². The molecule has 4 heteroatoms. The fourth-order valence-corrected chi connectivity index (χ4v) is 2.93. The monoisotopic (exact) mass is 239 g/mol. The standard InChI is InChI=1S/C12H17NO2S/c1-8-6-9-10(7-8)12(15)13(11(9)14)4-2-3-5-16/h2-3,8-10,16H,4-7H2,1H3/b3-2+. The summed E-state index contributed by atoms with van der Waals surface area (Å²) in [5, 5.41) is 0. The van der Waals surface area contributed by atoms with E-state index in [1.807, 2.05) is 12.2 Å². The van der Waals surface area contributed by atoms with Crippen LogP contribution in [0.25, 0.3) is 0 Å². The molecule has 1 aliphatic carbocycles. The second-order valence-corrected chi connectivity index (χ2v) is 5.10. The molecule has 16 heavy (non-hydrogen) atoms. The van der Waals surface area contributed by atoms with Crippen LogP contribution in [0.3, 0.4) is 0 Å². The number of likely N-dealkylation sites (tertiary alicyclic amines) is 1. The Bertz CT molecular complexity index is 316.